The van der Waals surface area contributed by atoms with Crippen LogP contribution in [-0.2, 0) is 13.7 Å². The summed E-state index contributed by atoms with van der Waals surface area (Å²) in [5.74, 6) is 0.400. The molecule has 0 saturated carbocycles. The number of amides is 1. The molecule has 0 fully saturated rings. The summed E-state index contributed by atoms with van der Waals surface area (Å²) in [7, 11) is 1.90. The van der Waals surface area contributed by atoms with Crippen molar-refractivity contribution < 1.29 is 9.53 Å². The number of hydrogen-bond acceptors (Lipinski definition) is 6. The van der Waals surface area contributed by atoms with Crippen LogP contribution in [0.25, 0.3) is 5.65 Å². The zero-order valence-electron chi connectivity index (χ0n) is 17.8. The number of nitrogens with one attached hydrogen (secondary N) is 1. The quantitative estimate of drug-likeness (QED) is 0.390. The van der Waals surface area contributed by atoms with Crippen LogP contribution < -0.4 is 10.1 Å². The van der Waals surface area contributed by atoms with E-state index >= 15 is 0 Å². The number of hydrogen-bond donors (Lipinski definition) is 1. The van der Waals surface area contributed by atoms with Crippen LogP contribution in [0.2, 0.25) is 0 Å². The third-order valence-corrected chi connectivity index (χ3v) is 5.95. The van der Waals surface area contributed by atoms with Crippen molar-refractivity contribution in [3.8, 4) is 5.75 Å². The van der Waals surface area contributed by atoms with Crippen molar-refractivity contribution in [1.29, 1.82) is 0 Å². The summed E-state index contributed by atoms with van der Waals surface area (Å²) in [6.07, 6.45) is 5.53. The van der Waals surface area contributed by atoms with Crippen LogP contribution in [0, 0.1) is 0 Å². The number of aryl methyl sites for hydroxylation is 1. The molecule has 33 heavy (non-hydrogen) atoms. The third kappa shape index (κ3) is 4.88. The number of benzene rings is 2. The Morgan fingerprint density at radius 2 is 1.97 bits per heavy atom. The summed E-state index contributed by atoms with van der Waals surface area (Å²) in [5.41, 5.74) is 2.90. The fraction of sp³-hybridized carbons (Fsp3) is 0.0833. The van der Waals surface area contributed by atoms with Gasteiger partial charge in [-0.15, -0.1) is 10.2 Å². The second-order valence-corrected chi connectivity index (χ2v) is 8.36. The summed E-state index contributed by atoms with van der Waals surface area (Å²) in [5, 5.41) is 11.7. The fourth-order valence-corrected chi connectivity index (χ4v) is 3.98. The van der Waals surface area contributed by atoms with Crippen molar-refractivity contribution in [1.82, 2.24) is 24.1 Å². The average Bonchev–Trinajstić information content (AvgIpc) is 3.44. The van der Waals surface area contributed by atoms with Gasteiger partial charge in [0.15, 0.2) is 5.16 Å². The maximum atomic E-state index is 12.7. The number of ether oxygens (including phenoxy) is 1. The molecule has 0 unspecified atom stereocenters. The van der Waals surface area contributed by atoms with Crippen molar-refractivity contribution in [3.63, 3.8) is 0 Å². The first-order valence-electron chi connectivity index (χ1n) is 10.2. The van der Waals surface area contributed by atoms with Gasteiger partial charge in [-0.3, -0.25) is 4.79 Å². The fourth-order valence-electron chi connectivity index (χ4n) is 3.22. The van der Waals surface area contributed by atoms with Crippen LogP contribution in [0.1, 0.15) is 16.1 Å². The number of carbonyl (C=O) groups excluding carboxylic acids is 1. The topological polar surface area (TPSA) is 86.3 Å². The Balaban J connectivity index is 1.21. The molecule has 9 heteroatoms. The Hall–Kier alpha value is -4.11. The van der Waals surface area contributed by atoms with Crippen molar-refractivity contribution in [2.45, 2.75) is 16.7 Å². The van der Waals surface area contributed by atoms with E-state index in [1.54, 1.807) is 24.5 Å². The summed E-state index contributed by atoms with van der Waals surface area (Å²) < 4.78 is 9.66. The Morgan fingerprint density at radius 3 is 2.76 bits per heavy atom. The van der Waals surface area contributed by atoms with E-state index in [-0.39, 0.29) is 5.91 Å². The number of nitrogens with zero attached hydrogens (tertiary/aromatic N) is 5. The molecule has 8 nitrogen and oxygen atoms in total. The van der Waals surface area contributed by atoms with Gasteiger partial charge in [0.05, 0.1) is 5.69 Å². The number of carbonyl (C=O) groups is 1. The van der Waals surface area contributed by atoms with E-state index in [9.17, 15) is 4.79 Å². The van der Waals surface area contributed by atoms with E-state index in [4.69, 9.17) is 4.74 Å². The first kappa shape index (κ1) is 20.8. The second-order valence-electron chi connectivity index (χ2n) is 7.32. The number of anilines is 1. The van der Waals surface area contributed by atoms with Crippen LogP contribution in [0.5, 0.6) is 5.75 Å². The SMILES string of the molecule is Cn1cnnc1Sc1ccc(NC(=O)c2cccc(OCc3cn4ccccc4n3)c2)cc1. The zero-order chi connectivity index (χ0) is 22.6. The molecule has 1 N–H and O–H groups in total. The minimum atomic E-state index is -0.207. The molecule has 5 aromatic rings. The normalized spacial score (nSPS) is 10.9. The highest BCUT2D eigenvalue weighted by Gasteiger charge is 2.09. The van der Waals surface area contributed by atoms with Crippen molar-refractivity contribution in [2.75, 3.05) is 5.32 Å². The lowest BCUT2D eigenvalue weighted by molar-refractivity contribution is 0.102. The van der Waals surface area contributed by atoms with Crippen molar-refractivity contribution in [3.05, 3.63) is 96.7 Å². The molecule has 0 aliphatic heterocycles. The zero-order valence-corrected chi connectivity index (χ0v) is 18.6. The standard InChI is InChI=1S/C24H20N6O2S/c1-29-16-25-28-24(29)33-21-10-8-18(9-11-21)27-23(31)17-5-4-6-20(13-17)32-15-19-14-30-12-3-2-7-22(30)26-19/h2-14,16H,15H2,1H3,(H,27,31). The lowest BCUT2D eigenvalue weighted by atomic mass is 10.2. The molecule has 0 atom stereocenters. The van der Waals surface area contributed by atoms with E-state index in [1.165, 1.54) is 11.8 Å². The van der Waals surface area contributed by atoms with Gasteiger partial charge in [0.1, 0.15) is 24.3 Å². The monoisotopic (exact) mass is 456 g/mol. The van der Waals surface area contributed by atoms with E-state index < -0.39 is 0 Å². The molecule has 0 aliphatic rings. The number of pyridine rings is 1. The summed E-state index contributed by atoms with van der Waals surface area (Å²) in [6.45, 7) is 0.317. The van der Waals surface area contributed by atoms with E-state index in [0.717, 1.165) is 21.4 Å². The molecule has 1 amide bonds. The Morgan fingerprint density at radius 1 is 1.09 bits per heavy atom. The predicted octanol–water partition coefficient (Wildman–Crippen LogP) is 4.45. The van der Waals surface area contributed by atoms with E-state index in [0.29, 0.717) is 23.6 Å². The molecule has 5 rings (SSSR count). The number of imidazole rings is 1. The smallest absolute Gasteiger partial charge is 0.255 e. The Kier molecular flexibility index (Phi) is 5.77. The van der Waals surface area contributed by atoms with Gasteiger partial charge in [0, 0.05) is 35.6 Å². The Labute approximate surface area is 194 Å². The molecule has 164 valence electrons. The Bertz CT molecular complexity index is 1380. The molecule has 3 aromatic heterocycles. The van der Waals surface area contributed by atoms with E-state index in [2.05, 4.69) is 20.5 Å². The highest BCUT2D eigenvalue weighted by atomic mass is 32.2. The van der Waals surface area contributed by atoms with E-state index in [1.807, 2.05) is 76.9 Å². The molecule has 2 aromatic carbocycles. The second kappa shape index (κ2) is 9.17. The predicted molar refractivity (Wildman–Crippen MR) is 125 cm³/mol. The number of aromatic nitrogens is 5. The summed E-state index contributed by atoms with van der Waals surface area (Å²) >= 11 is 1.51. The average molecular weight is 457 g/mol. The van der Waals surface area contributed by atoms with Crippen LogP contribution in [0.4, 0.5) is 5.69 Å². The lowest BCUT2D eigenvalue weighted by Crippen LogP contribution is -2.12. The molecule has 0 spiro atoms. The van der Waals surface area contributed by atoms with Gasteiger partial charge in [0.2, 0.25) is 0 Å². The molecule has 0 bridgehead atoms. The van der Waals surface area contributed by atoms with Gasteiger partial charge < -0.3 is 19.0 Å². The van der Waals surface area contributed by atoms with Gasteiger partial charge in [-0.1, -0.05) is 12.1 Å². The maximum absolute atomic E-state index is 12.7. The van der Waals surface area contributed by atoms with Crippen LogP contribution in [0.3, 0.4) is 0 Å². The largest absolute Gasteiger partial charge is 0.487 e. The van der Waals surface area contributed by atoms with Crippen molar-refractivity contribution >= 4 is 29.0 Å². The molecule has 3 heterocycles. The molecule has 0 saturated heterocycles. The molecule has 0 aliphatic carbocycles. The first-order valence-corrected chi connectivity index (χ1v) is 11.0. The summed E-state index contributed by atoms with van der Waals surface area (Å²) in [6, 6.07) is 20.5. The highest BCUT2D eigenvalue weighted by Crippen LogP contribution is 2.26. The van der Waals surface area contributed by atoms with Gasteiger partial charge >= 0.3 is 0 Å². The molecular formula is C24H20N6O2S. The van der Waals surface area contributed by atoms with Gasteiger partial charge in [-0.05, 0) is 66.4 Å². The highest BCUT2D eigenvalue weighted by molar-refractivity contribution is 7.99. The minimum absolute atomic E-state index is 0.207. The maximum Gasteiger partial charge on any atom is 0.255 e. The molecular weight excluding hydrogens is 436 g/mol. The van der Waals surface area contributed by atoms with Crippen LogP contribution in [-0.4, -0.2) is 30.1 Å². The summed E-state index contributed by atoms with van der Waals surface area (Å²) in [4.78, 5) is 18.3. The van der Waals surface area contributed by atoms with Crippen molar-refractivity contribution in [2.24, 2.45) is 7.05 Å². The first-order chi connectivity index (χ1) is 16.1. The number of fused-ring (bicyclic) bond motifs is 1. The van der Waals surface area contributed by atoms with Gasteiger partial charge in [-0.2, -0.15) is 0 Å². The lowest BCUT2D eigenvalue weighted by Gasteiger charge is -2.09. The third-order valence-electron chi connectivity index (χ3n) is 4.89. The number of rotatable bonds is 7. The van der Waals surface area contributed by atoms with Crippen LogP contribution in [0.15, 0.2) is 95.5 Å². The molecule has 0 radical (unpaired) electrons. The van der Waals surface area contributed by atoms with Crippen LogP contribution >= 0.6 is 11.8 Å². The van der Waals surface area contributed by atoms with Gasteiger partial charge in [0.25, 0.3) is 5.91 Å². The minimum Gasteiger partial charge on any atom is -0.487 e. The van der Waals surface area contributed by atoms with Gasteiger partial charge in [-0.25, -0.2) is 4.98 Å².